The van der Waals surface area contributed by atoms with Crippen LogP contribution in [-0.2, 0) is 9.84 Å². The molecular weight excluding hydrogens is 457 g/mol. The third-order valence-corrected chi connectivity index (χ3v) is 6.92. The molecule has 0 amide bonds. The van der Waals surface area contributed by atoms with Crippen LogP contribution in [0.15, 0.2) is 87.2 Å². The summed E-state index contributed by atoms with van der Waals surface area (Å²) in [6.07, 6.45) is 1.26. The highest BCUT2D eigenvalue weighted by molar-refractivity contribution is 9.10. The molecule has 1 aliphatic rings. The lowest BCUT2D eigenvalue weighted by Gasteiger charge is -2.29. The lowest BCUT2D eigenvalue weighted by molar-refractivity contribution is 0.104. The Labute approximate surface area is 176 Å². The predicted octanol–water partition coefficient (Wildman–Crippen LogP) is 5.55. The molecule has 0 atom stereocenters. The molecule has 0 unspecified atom stereocenters. The first kappa shape index (κ1) is 19.5. The monoisotopic (exact) mass is 471 g/mol. The summed E-state index contributed by atoms with van der Waals surface area (Å²) in [6.45, 7) is 1.88. The van der Waals surface area contributed by atoms with Crippen molar-refractivity contribution in [3.8, 4) is 0 Å². The molecule has 0 N–H and O–H groups in total. The number of carbonyl (C=O) groups excluding carboxylic acids is 1. The van der Waals surface area contributed by atoms with Crippen molar-refractivity contribution in [2.24, 2.45) is 0 Å². The van der Waals surface area contributed by atoms with Gasteiger partial charge in [0.2, 0.25) is 15.6 Å². The van der Waals surface area contributed by atoms with E-state index in [9.17, 15) is 17.6 Å². The molecule has 0 saturated carbocycles. The van der Waals surface area contributed by atoms with Crippen molar-refractivity contribution in [2.75, 3.05) is 4.90 Å². The first-order valence-electron chi connectivity index (χ1n) is 8.70. The summed E-state index contributed by atoms with van der Waals surface area (Å²) in [5.74, 6) is -1.18. The van der Waals surface area contributed by atoms with Crippen molar-refractivity contribution in [3.05, 3.63) is 99.3 Å². The Bertz CT molecular complexity index is 1270. The van der Waals surface area contributed by atoms with Gasteiger partial charge in [0.1, 0.15) is 10.7 Å². The number of sulfone groups is 1. The molecule has 0 aromatic heterocycles. The normalized spacial score (nSPS) is 14.9. The highest BCUT2D eigenvalue weighted by atomic mass is 79.9. The Kier molecular flexibility index (Phi) is 4.88. The molecule has 1 heterocycles. The van der Waals surface area contributed by atoms with E-state index in [0.717, 1.165) is 22.2 Å². The molecule has 0 radical (unpaired) electrons. The number of ketones is 1. The van der Waals surface area contributed by atoms with Gasteiger partial charge in [0.15, 0.2) is 0 Å². The largest absolute Gasteiger partial charge is 0.314 e. The van der Waals surface area contributed by atoms with Crippen LogP contribution in [0.25, 0.3) is 0 Å². The fourth-order valence-corrected chi connectivity index (χ4v) is 5.06. The zero-order valence-electron chi connectivity index (χ0n) is 15.3. The van der Waals surface area contributed by atoms with E-state index in [2.05, 4.69) is 15.9 Å². The second kappa shape index (κ2) is 7.24. The standard InChI is InChI=1S/C22H15BrFNO3S/c1-14-5-7-15(8-6-14)22(26)21-13-25(18-4-2-3-16(23)11-18)19-12-17(24)9-10-20(19)29(21,27)28/h2-13H,1H3. The van der Waals surface area contributed by atoms with Crippen LogP contribution in [0.5, 0.6) is 0 Å². The van der Waals surface area contributed by atoms with Crippen molar-refractivity contribution >= 4 is 42.9 Å². The third kappa shape index (κ3) is 3.52. The highest BCUT2D eigenvalue weighted by Gasteiger charge is 2.36. The Hall–Kier alpha value is -2.77. The second-order valence-electron chi connectivity index (χ2n) is 6.65. The van der Waals surface area contributed by atoms with Gasteiger partial charge >= 0.3 is 0 Å². The minimum absolute atomic E-state index is 0.114. The fourth-order valence-electron chi connectivity index (χ4n) is 3.15. The van der Waals surface area contributed by atoms with Gasteiger partial charge in [-0.2, -0.15) is 0 Å². The summed E-state index contributed by atoms with van der Waals surface area (Å²) in [7, 11) is -4.12. The number of hydrogen-bond acceptors (Lipinski definition) is 4. The zero-order valence-corrected chi connectivity index (χ0v) is 17.7. The van der Waals surface area contributed by atoms with Crippen LogP contribution in [0.3, 0.4) is 0 Å². The molecule has 29 heavy (non-hydrogen) atoms. The highest BCUT2D eigenvalue weighted by Crippen LogP contribution is 2.41. The van der Waals surface area contributed by atoms with E-state index in [1.807, 2.05) is 13.0 Å². The summed E-state index contributed by atoms with van der Waals surface area (Å²) in [5, 5.41) is 0. The summed E-state index contributed by atoms with van der Waals surface area (Å²) in [4.78, 5) is 14.1. The average Bonchev–Trinajstić information content (AvgIpc) is 2.68. The summed E-state index contributed by atoms with van der Waals surface area (Å²) in [6, 6.07) is 17.2. The number of rotatable bonds is 3. The lowest BCUT2D eigenvalue weighted by atomic mass is 10.1. The smallest absolute Gasteiger partial charge is 0.214 e. The number of fused-ring (bicyclic) bond motifs is 1. The number of nitrogens with zero attached hydrogens (tertiary/aromatic N) is 1. The molecule has 3 aromatic rings. The van der Waals surface area contributed by atoms with Gasteiger partial charge in [-0.25, -0.2) is 12.8 Å². The van der Waals surface area contributed by atoms with Crippen molar-refractivity contribution in [1.29, 1.82) is 0 Å². The van der Waals surface area contributed by atoms with Crippen LogP contribution in [0, 0.1) is 12.7 Å². The number of halogens is 2. The van der Waals surface area contributed by atoms with Crippen molar-refractivity contribution in [1.82, 2.24) is 0 Å². The van der Waals surface area contributed by atoms with E-state index in [-0.39, 0.29) is 21.1 Å². The zero-order chi connectivity index (χ0) is 20.8. The first-order valence-corrected chi connectivity index (χ1v) is 11.0. The lowest BCUT2D eigenvalue weighted by Crippen LogP contribution is -2.26. The Morgan fingerprint density at radius 3 is 2.41 bits per heavy atom. The third-order valence-electron chi connectivity index (χ3n) is 4.63. The SMILES string of the molecule is Cc1ccc(C(=O)C2=CN(c3cccc(Br)c3)c3cc(F)ccc3S2(=O)=O)cc1. The van der Waals surface area contributed by atoms with Gasteiger partial charge in [-0.3, -0.25) is 4.79 Å². The van der Waals surface area contributed by atoms with Crippen LogP contribution in [0.1, 0.15) is 15.9 Å². The molecule has 4 nitrogen and oxygen atoms in total. The van der Waals surface area contributed by atoms with Gasteiger partial charge in [-0.1, -0.05) is 51.8 Å². The van der Waals surface area contributed by atoms with Crippen molar-refractivity contribution < 1.29 is 17.6 Å². The molecule has 0 bridgehead atoms. The molecule has 0 aliphatic carbocycles. The molecule has 146 valence electrons. The molecule has 0 fully saturated rings. The molecule has 3 aromatic carbocycles. The Morgan fingerprint density at radius 1 is 1.00 bits per heavy atom. The van der Waals surface area contributed by atoms with Gasteiger partial charge < -0.3 is 4.90 Å². The number of hydrogen-bond donors (Lipinski definition) is 0. The second-order valence-corrected chi connectivity index (χ2v) is 9.46. The van der Waals surface area contributed by atoms with Gasteiger partial charge in [0.05, 0.1) is 10.6 Å². The van der Waals surface area contributed by atoms with Crippen LogP contribution in [-0.4, -0.2) is 14.2 Å². The van der Waals surface area contributed by atoms with E-state index in [4.69, 9.17) is 0 Å². The van der Waals surface area contributed by atoms with E-state index in [1.165, 1.54) is 17.2 Å². The maximum Gasteiger partial charge on any atom is 0.214 e. The van der Waals surface area contributed by atoms with Gasteiger partial charge in [0.25, 0.3) is 0 Å². The Balaban J connectivity index is 1.94. The number of Topliss-reactive ketones (excluding diaryl/α,β-unsaturated/α-hetero) is 1. The molecule has 0 saturated heterocycles. The quantitative estimate of drug-likeness (QED) is 0.371. The number of carbonyl (C=O) groups is 1. The molecule has 4 rings (SSSR count). The van der Waals surface area contributed by atoms with Crippen molar-refractivity contribution in [3.63, 3.8) is 0 Å². The first-order chi connectivity index (χ1) is 13.8. The molecule has 7 heteroatoms. The Morgan fingerprint density at radius 2 is 1.72 bits per heavy atom. The van der Waals surface area contributed by atoms with Crippen LogP contribution in [0.2, 0.25) is 0 Å². The van der Waals surface area contributed by atoms with Crippen LogP contribution < -0.4 is 4.90 Å². The average molecular weight is 472 g/mol. The molecule has 1 aliphatic heterocycles. The summed E-state index contributed by atoms with van der Waals surface area (Å²) in [5.41, 5.74) is 1.97. The minimum atomic E-state index is -4.12. The van der Waals surface area contributed by atoms with E-state index < -0.39 is 21.4 Å². The number of aryl methyl sites for hydroxylation is 1. The molecule has 0 spiro atoms. The van der Waals surface area contributed by atoms with Gasteiger partial charge in [0, 0.05) is 21.9 Å². The topological polar surface area (TPSA) is 54.5 Å². The predicted molar refractivity (Wildman–Crippen MR) is 113 cm³/mol. The number of allylic oxidation sites excluding steroid dienone is 1. The molecular formula is C22H15BrFNO3S. The minimum Gasteiger partial charge on any atom is -0.314 e. The maximum absolute atomic E-state index is 14.0. The van der Waals surface area contributed by atoms with E-state index in [1.54, 1.807) is 42.5 Å². The van der Waals surface area contributed by atoms with Gasteiger partial charge in [-0.05, 0) is 43.3 Å². The van der Waals surface area contributed by atoms with Crippen molar-refractivity contribution in [2.45, 2.75) is 11.8 Å². The summed E-state index contributed by atoms with van der Waals surface area (Å²) >= 11 is 3.39. The van der Waals surface area contributed by atoms with Gasteiger partial charge in [-0.15, -0.1) is 0 Å². The van der Waals surface area contributed by atoms with Crippen LogP contribution >= 0.6 is 15.9 Å². The number of anilines is 2. The maximum atomic E-state index is 14.0. The van der Waals surface area contributed by atoms with Crippen LogP contribution in [0.4, 0.5) is 15.8 Å². The fraction of sp³-hybridized carbons (Fsp3) is 0.0455. The summed E-state index contributed by atoms with van der Waals surface area (Å²) < 4.78 is 41.1. The number of benzene rings is 3. The van der Waals surface area contributed by atoms with E-state index >= 15 is 0 Å². The van der Waals surface area contributed by atoms with E-state index in [0.29, 0.717) is 5.69 Å².